The van der Waals surface area contributed by atoms with E-state index >= 15 is 0 Å². The number of hydrogen-bond acceptors (Lipinski definition) is 3. The van der Waals surface area contributed by atoms with Gasteiger partial charge in [-0.3, -0.25) is 0 Å². The SMILES string of the molecule is CC1(C)c2ccccc2-c2ccc(N(c3ccc(-c4cccc5oc6ccccc6c45)cc3)c3ccc4oc5ccccc5c4c3-c3ccc(-c4ccccc4)cc3)cc21. The molecule has 0 amide bonds. The van der Waals surface area contributed by atoms with E-state index in [1.807, 2.05) is 18.2 Å². The fourth-order valence-electron chi connectivity index (χ4n) is 9.81. The molecule has 60 heavy (non-hydrogen) atoms. The Labute approximate surface area is 348 Å². The smallest absolute Gasteiger partial charge is 0.136 e. The molecule has 0 spiro atoms. The molecule has 2 aromatic heterocycles. The van der Waals surface area contributed by atoms with E-state index < -0.39 is 0 Å². The molecule has 1 aliphatic rings. The van der Waals surface area contributed by atoms with Crippen molar-refractivity contribution in [3.05, 3.63) is 211 Å². The molecule has 9 aromatic carbocycles. The van der Waals surface area contributed by atoms with E-state index in [9.17, 15) is 0 Å². The maximum atomic E-state index is 6.57. The lowest BCUT2D eigenvalue weighted by Gasteiger charge is -2.30. The first-order valence-electron chi connectivity index (χ1n) is 20.7. The Bertz CT molecular complexity index is 3440. The van der Waals surface area contributed by atoms with Gasteiger partial charge >= 0.3 is 0 Å². The lowest BCUT2D eigenvalue weighted by atomic mass is 9.82. The third kappa shape index (κ3) is 5.22. The van der Waals surface area contributed by atoms with Gasteiger partial charge in [-0.15, -0.1) is 0 Å². The van der Waals surface area contributed by atoms with E-state index in [1.54, 1.807) is 0 Å². The summed E-state index contributed by atoms with van der Waals surface area (Å²) in [6.07, 6.45) is 0. The quantitative estimate of drug-likeness (QED) is 0.169. The first kappa shape index (κ1) is 34.4. The highest BCUT2D eigenvalue weighted by Crippen LogP contribution is 2.52. The number of rotatable bonds is 6. The Kier molecular flexibility index (Phi) is 7.58. The van der Waals surface area contributed by atoms with Gasteiger partial charge in [0.25, 0.3) is 0 Å². The van der Waals surface area contributed by atoms with Crippen LogP contribution in [0.3, 0.4) is 0 Å². The van der Waals surface area contributed by atoms with E-state index in [4.69, 9.17) is 8.83 Å². The maximum absolute atomic E-state index is 6.57. The van der Waals surface area contributed by atoms with Crippen LogP contribution in [-0.4, -0.2) is 0 Å². The summed E-state index contributed by atoms with van der Waals surface area (Å²) in [5, 5.41) is 4.46. The number of nitrogens with zero attached hydrogens (tertiary/aromatic N) is 1. The minimum atomic E-state index is -0.162. The largest absolute Gasteiger partial charge is 0.456 e. The Morgan fingerprint density at radius 3 is 1.68 bits per heavy atom. The summed E-state index contributed by atoms with van der Waals surface area (Å²) in [6, 6.07) is 72.0. The molecule has 0 N–H and O–H groups in total. The summed E-state index contributed by atoms with van der Waals surface area (Å²) in [5.74, 6) is 0. The van der Waals surface area contributed by atoms with Gasteiger partial charge in [-0.1, -0.05) is 159 Å². The van der Waals surface area contributed by atoms with E-state index in [1.165, 1.54) is 33.4 Å². The Hall–Kier alpha value is -7.62. The summed E-state index contributed by atoms with van der Waals surface area (Å²) in [5.41, 5.74) is 18.8. The average Bonchev–Trinajstić information content (AvgIpc) is 3.95. The second-order valence-corrected chi connectivity index (χ2v) is 16.4. The molecule has 284 valence electrons. The summed E-state index contributed by atoms with van der Waals surface area (Å²) < 4.78 is 12.9. The number of benzene rings is 9. The van der Waals surface area contributed by atoms with Crippen molar-refractivity contribution in [1.82, 2.24) is 0 Å². The summed E-state index contributed by atoms with van der Waals surface area (Å²) >= 11 is 0. The highest BCUT2D eigenvalue weighted by molar-refractivity contribution is 6.17. The van der Waals surface area contributed by atoms with Crippen LogP contribution >= 0.6 is 0 Å². The molecule has 0 bridgehead atoms. The number of fused-ring (bicyclic) bond motifs is 9. The number of anilines is 3. The van der Waals surface area contributed by atoms with Crippen molar-refractivity contribution in [2.24, 2.45) is 0 Å². The molecule has 1 aliphatic carbocycles. The van der Waals surface area contributed by atoms with E-state index in [2.05, 4.69) is 201 Å². The van der Waals surface area contributed by atoms with Crippen LogP contribution in [0.15, 0.2) is 209 Å². The van der Waals surface area contributed by atoms with Crippen LogP contribution in [0.1, 0.15) is 25.0 Å². The van der Waals surface area contributed by atoms with Gasteiger partial charge in [0.05, 0.1) is 5.69 Å². The van der Waals surface area contributed by atoms with Crippen molar-refractivity contribution >= 4 is 60.9 Å². The molecule has 3 heteroatoms. The standard InChI is InChI=1S/C57H39NO2/c1-57(2)47-19-9-6-15-43(47)44-32-31-41(35-48(44)57)58(40-29-27-38(28-30-40)42-18-12-22-52-55(42)45-16-7-10-20-50(45)59-52)49-33-34-53-56(46-17-8-11-21-51(46)60-53)54(49)39-25-23-37(24-26-39)36-13-4-3-5-14-36/h3-35H,1-2H3. The number of hydrogen-bond donors (Lipinski definition) is 0. The van der Waals surface area contributed by atoms with Gasteiger partial charge in [-0.05, 0) is 105 Å². The highest BCUT2D eigenvalue weighted by Gasteiger charge is 2.36. The molecule has 3 nitrogen and oxygen atoms in total. The van der Waals surface area contributed by atoms with Crippen molar-refractivity contribution in [2.75, 3.05) is 4.90 Å². The minimum absolute atomic E-state index is 0.162. The van der Waals surface area contributed by atoms with Gasteiger partial charge in [0, 0.05) is 43.9 Å². The third-order valence-electron chi connectivity index (χ3n) is 12.7. The lowest BCUT2D eigenvalue weighted by molar-refractivity contribution is 0.660. The van der Waals surface area contributed by atoms with Crippen molar-refractivity contribution in [1.29, 1.82) is 0 Å². The van der Waals surface area contributed by atoms with Gasteiger partial charge in [0.2, 0.25) is 0 Å². The fraction of sp³-hybridized carbons (Fsp3) is 0.0526. The van der Waals surface area contributed by atoms with Crippen LogP contribution in [0.25, 0.3) is 88.4 Å². The second-order valence-electron chi connectivity index (χ2n) is 16.4. The predicted molar refractivity (Wildman–Crippen MR) is 250 cm³/mol. The van der Waals surface area contributed by atoms with Gasteiger partial charge in [-0.2, -0.15) is 0 Å². The van der Waals surface area contributed by atoms with Crippen LogP contribution in [0.4, 0.5) is 17.1 Å². The second kappa shape index (κ2) is 13.2. The zero-order chi connectivity index (χ0) is 40.0. The molecule has 11 aromatic rings. The molecule has 0 fully saturated rings. The average molecular weight is 770 g/mol. The van der Waals surface area contributed by atoms with Gasteiger partial charge in [0.15, 0.2) is 0 Å². The monoisotopic (exact) mass is 769 g/mol. The highest BCUT2D eigenvalue weighted by atomic mass is 16.3. The number of furan rings is 2. The van der Waals surface area contributed by atoms with E-state index in [-0.39, 0.29) is 5.41 Å². The van der Waals surface area contributed by atoms with E-state index in [0.717, 1.165) is 83.2 Å². The van der Waals surface area contributed by atoms with Crippen LogP contribution in [0.5, 0.6) is 0 Å². The van der Waals surface area contributed by atoms with Crippen LogP contribution in [-0.2, 0) is 5.41 Å². The van der Waals surface area contributed by atoms with Gasteiger partial charge in [0.1, 0.15) is 22.3 Å². The molecule has 0 atom stereocenters. The summed E-state index contributed by atoms with van der Waals surface area (Å²) in [6.45, 7) is 4.70. The molecular formula is C57H39NO2. The molecule has 2 heterocycles. The van der Waals surface area contributed by atoms with Crippen LogP contribution < -0.4 is 4.90 Å². The third-order valence-corrected chi connectivity index (χ3v) is 12.7. The maximum Gasteiger partial charge on any atom is 0.136 e. The molecule has 0 unspecified atom stereocenters. The number of para-hydroxylation sites is 2. The van der Waals surface area contributed by atoms with Crippen LogP contribution in [0.2, 0.25) is 0 Å². The lowest BCUT2D eigenvalue weighted by Crippen LogP contribution is -2.17. The first-order valence-corrected chi connectivity index (χ1v) is 20.7. The summed E-state index contributed by atoms with van der Waals surface area (Å²) in [4.78, 5) is 2.44. The van der Waals surface area contributed by atoms with Crippen molar-refractivity contribution in [2.45, 2.75) is 19.3 Å². The summed E-state index contributed by atoms with van der Waals surface area (Å²) in [7, 11) is 0. The molecular weight excluding hydrogens is 731 g/mol. The Morgan fingerprint density at radius 2 is 0.917 bits per heavy atom. The topological polar surface area (TPSA) is 29.5 Å². The Balaban J connectivity index is 1.09. The molecule has 0 radical (unpaired) electrons. The zero-order valence-corrected chi connectivity index (χ0v) is 33.3. The zero-order valence-electron chi connectivity index (χ0n) is 33.3. The molecule has 0 saturated carbocycles. The van der Waals surface area contributed by atoms with Gasteiger partial charge < -0.3 is 13.7 Å². The van der Waals surface area contributed by atoms with E-state index in [0.29, 0.717) is 0 Å². The Morgan fingerprint density at radius 1 is 0.367 bits per heavy atom. The van der Waals surface area contributed by atoms with Gasteiger partial charge in [-0.25, -0.2) is 0 Å². The minimum Gasteiger partial charge on any atom is -0.456 e. The van der Waals surface area contributed by atoms with Crippen molar-refractivity contribution < 1.29 is 8.83 Å². The first-order chi connectivity index (χ1) is 29.5. The predicted octanol–water partition coefficient (Wildman–Crippen LogP) is 16.3. The van der Waals surface area contributed by atoms with Crippen molar-refractivity contribution in [3.8, 4) is 44.5 Å². The normalized spacial score (nSPS) is 13.0. The molecule has 0 aliphatic heterocycles. The molecule has 0 saturated heterocycles. The molecule has 12 rings (SSSR count). The van der Waals surface area contributed by atoms with Crippen LogP contribution in [0, 0.1) is 0 Å². The fourth-order valence-corrected chi connectivity index (χ4v) is 9.81. The van der Waals surface area contributed by atoms with Crippen molar-refractivity contribution in [3.63, 3.8) is 0 Å².